The van der Waals surface area contributed by atoms with E-state index in [4.69, 9.17) is 23.2 Å². The first-order valence-electron chi connectivity index (χ1n) is 8.09. The lowest BCUT2D eigenvalue weighted by Crippen LogP contribution is -2.50. The fourth-order valence-electron chi connectivity index (χ4n) is 2.61. The van der Waals surface area contributed by atoms with Crippen molar-refractivity contribution in [3.8, 4) is 0 Å². The van der Waals surface area contributed by atoms with Crippen molar-refractivity contribution in [2.24, 2.45) is 0 Å². The summed E-state index contributed by atoms with van der Waals surface area (Å²) in [6.45, 7) is 0. The molecule has 7 nitrogen and oxygen atoms in total. The van der Waals surface area contributed by atoms with E-state index in [-0.39, 0.29) is 21.4 Å². The fraction of sp³-hybridized carbons (Fsp3) is 0.111. The maximum atomic E-state index is 13.0. The number of hydrogen-bond acceptors (Lipinski definition) is 4. The number of amides is 2. The van der Waals surface area contributed by atoms with Crippen LogP contribution in [-0.4, -0.2) is 30.6 Å². The molecule has 2 aromatic rings. The number of hydrogen-bond donors (Lipinski definition) is 2. The van der Waals surface area contributed by atoms with Gasteiger partial charge in [0.15, 0.2) is 0 Å². The normalized spacial score (nSPS) is 16.6. The van der Waals surface area contributed by atoms with Crippen molar-refractivity contribution in [3.05, 3.63) is 71.0 Å². The van der Waals surface area contributed by atoms with Gasteiger partial charge >= 0.3 is 0 Å². The van der Waals surface area contributed by atoms with Crippen LogP contribution in [0.4, 0.5) is 5.69 Å². The molecule has 2 N–H and O–H groups in total. The SMILES string of the molecule is O=C(C[C@@H]1C(=O)NC=CN1S(=O)(=O)c1ccc(Cl)c(Cl)c1)Nc1ccccc1. The summed E-state index contributed by atoms with van der Waals surface area (Å²) in [7, 11) is -4.14. The number of anilines is 1. The minimum Gasteiger partial charge on any atom is -0.329 e. The van der Waals surface area contributed by atoms with Crippen LogP contribution in [0.2, 0.25) is 10.0 Å². The first-order chi connectivity index (χ1) is 13.3. The van der Waals surface area contributed by atoms with Crippen molar-refractivity contribution in [1.82, 2.24) is 9.62 Å². The minimum absolute atomic E-state index is 0.0616. The molecule has 1 aliphatic rings. The Morgan fingerprint density at radius 1 is 1.11 bits per heavy atom. The smallest absolute Gasteiger partial charge is 0.264 e. The zero-order valence-corrected chi connectivity index (χ0v) is 16.6. The van der Waals surface area contributed by atoms with E-state index in [1.54, 1.807) is 30.3 Å². The molecular formula is C18H15Cl2N3O4S. The van der Waals surface area contributed by atoms with E-state index in [0.717, 1.165) is 4.31 Å². The molecule has 1 aliphatic heterocycles. The van der Waals surface area contributed by atoms with Crippen LogP contribution in [-0.2, 0) is 19.6 Å². The molecule has 0 radical (unpaired) electrons. The minimum atomic E-state index is -4.14. The highest BCUT2D eigenvalue weighted by Gasteiger charge is 2.37. The summed E-state index contributed by atoms with van der Waals surface area (Å²) in [5, 5.41) is 5.32. The van der Waals surface area contributed by atoms with Gasteiger partial charge in [0.1, 0.15) is 6.04 Å². The van der Waals surface area contributed by atoms with Gasteiger partial charge in [-0.05, 0) is 30.3 Å². The summed E-state index contributed by atoms with van der Waals surface area (Å²) in [4.78, 5) is 24.5. The van der Waals surface area contributed by atoms with Crippen molar-refractivity contribution in [1.29, 1.82) is 0 Å². The third kappa shape index (κ3) is 4.30. The van der Waals surface area contributed by atoms with Gasteiger partial charge in [-0.2, -0.15) is 0 Å². The number of sulfonamides is 1. The van der Waals surface area contributed by atoms with Crippen LogP contribution in [0.5, 0.6) is 0 Å². The van der Waals surface area contributed by atoms with Crippen molar-refractivity contribution in [2.75, 3.05) is 5.32 Å². The van der Waals surface area contributed by atoms with Gasteiger partial charge in [0.05, 0.1) is 21.4 Å². The van der Waals surface area contributed by atoms with Gasteiger partial charge in [0, 0.05) is 18.1 Å². The number of rotatable bonds is 5. The summed E-state index contributed by atoms with van der Waals surface area (Å²) in [6.07, 6.45) is 2.02. The Kier molecular flexibility index (Phi) is 5.93. The third-order valence-corrected chi connectivity index (χ3v) is 6.48. The van der Waals surface area contributed by atoms with Crippen LogP contribution in [0.1, 0.15) is 6.42 Å². The van der Waals surface area contributed by atoms with E-state index >= 15 is 0 Å². The Labute approximate surface area is 172 Å². The van der Waals surface area contributed by atoms with Crippen LogP contribution in [0.25, 0.3) is 0 Å². The highest BCUT2D eigenvalue weighted by molar-refractivity contribution is 7.89. The van der Waals surface area contributed by atoms with Gasteiger partial charge < -0.3 is 10.6 Å². The molecule has 0 unspecified atom stereocenters. The van der Waals surface area contributed by atoms with E-state index in [9.17, 15) is 18.0 Å². The van der Waals surface area contributed by atoms with E-state index < -0.39 is 27.9 Å². The summed E-state index contributed by atoms with van der Waals surface area (Å²) in [5.74, 6) is -1.12. The fourth-order valence-corrected chi connectivity index (χ4v) is 4.45. The predicted octanol–water partition coefficient (Wildman–Crippen LogP) is 2.98. The van der Waals surface area contributed by atoms with Crippen molar-refractivity contribution in [2.45, 2.75) is 17.4 Å². The average molecular weight is 440 g/mol. The standard InChI is InChI=1S/C18H15Cl2N3O4S/c19-14-7-6-13(10-15(14)20)28(26,27)23-9-8-21-18(25)16(23)11-17(24)22-12-4-2-1-3-5-12/h1-10,16H,11H2,(H,21,25)(H,22,24)/t16-/m1/s1. The first-order valence-corrected chi connectivity index (χ1v) is 10.3. The molecule has 0 fully saturated rings. The number of para-hydroxylation sites is 1. The van der Waals surface area contributed by atoms with Gasteiger partial charge in [-0.15, -0.1) is 0 Å². The van der Waals surface area contributed by atoms with Gasteiger partial charge in [0.25, 0.3) is 10.0 Å². The maximum Gasteiger partial charge on any atom is 0.264 e. The Bertz CT molecular complexity index is 1040. The van der Waals surface area contributed by atoms with Gasteiger partial charge in [-0.1, -0.05) is 41.4 Å². The summed E-state index contributed by atoms with van der Waals surface area (Å²) < 4.78 is 26.9. The summed E-state index contributed by atoms with van der Waals surface area (Å²) in [6, 6.07) is 11.2. The number of carbonyl (C=O) groups is 2. The molecule has 1 atom stereocenters. The second-order valence-electron chi connectivity index (χ2n) is 5.87. The molecule has 0 aliphatic carbocycles. The van der Waals surface area contributed by atoms with Crippen LogP contribution in [0.15, 0.2) is 65.8 Å². The molecule has 10 heteroatoms. The van der Waals surface area contributed by atoms with E-state index in [0.29, 0.717) is 5.69 Å². The van der Waals surface area contributed by atoms with E-state index in [1.807, 2.05) is 0 Å². The van der Waals surface area contributed by atoms with E-state index in [1.165, 1.54) is 30.6 Å². The lowest BCUT2D eigenvalue weighted by atomic mass is 10.1. The van der Waals surface area contributed by atoms with Crippen molar-refractivity contribution in [3.63, 3.8) is 0 Å². The van der Waals surface area contributed by atoms with Crippen LogP contribution < -0.4 is 10.6 Å². The summed E-state index contributed by atoms with van der Waals surface area (Å²) >= 11 is 11.8. The highest BCUT2D eigenvalue weighted by atomic mass is 35.5. The molecule has 3 rings (SSSR count). The number of halogens is 2. The number of benzene rings is 2. The Hall–Kier alpha value is -2.55. The zero-order chi connectivity index (χ0) is 20.3. The Balaban J connectivity index is 1.86. The third-order valence-electron chi connectivity index (χ3n) is 3.96. The van der Waals surface area contributed by atoms with Crippen LogP contribution in [0.3, 0.4) is 0 Å². The van der Waals surface area contributed by atoms with Gasteiger partial charge in [0.2, 0.25) is 11.8 Å². The highest BCUT2D eigenvalue weighted by Crippen LogP contribution is 2.28. The Morgan fingerprint density at radius 2 is 1.82 bits per heavy atom. The lowest BCUT2D eigenvalue weighted by Gasteiger charge is -2.31. The van der Waals surface area contributed by atoms with Crippen molar-refractivity contribution < 1.29 is 18.0 Å². The summed E-state index contributed by atoms with van der Waals surface area (Å²) in [5.41, 5.74) is 0.540. The quantitative estimate of drug-likeness (QED) is 0.748. The molecule has 2 amide bonds. The molecule has 28 heavy (non-hydrogen) atoms. The molecule has 0 spiro atoms. The van der Waals surface area contributed by atoms with E-state index in [2.05, 4.69) is 10.6 Å². The maximum absolute atomic E-state index is 13.0. The molecule has 1 heterocycles. The second kappa shape index (κ2) is 8.22. The number of nitrogens with one attached hydrogen (secondary N) is 2. The predicted molar refractivity (Wildman–Crippen MR) is 106 cm³/mol. The Morgan fingerprint density at radius 3 is 2.50 bits per heavy atom. The lowest BCUT2D eigenvalue weighted by molar-refractivity contribution is -0.127. The van der Waals surface area contributed by atoms with Crippen LogP contribution in [0, 0.1) is 0 Å². The van der Waals surface area contributed by atoms with Crippen molar-refractivity contribution >= 4 is 50.7 Å². The first kappa shape index (κ1) is 20.2. The average Bonchev–Trinajstić information content (AvgIpc) is 2.66. The molecule has 2 aromatic carbocycles. The molecule has 0 bridgehead atoms. The van der Waals surface area contributed by atoms with Crippen LogP contribution >= 0.6 is 23.2 Å². The molecular weight excluding hydrogens is 425 g/mol. The molecule has 0 saturated heterocycles. The largest absolute Gasteiger partial charge is 0.329 e. The topological polar surface area (TPSA) is 95.6 Å². The number of carbonyl (C=O) groups excluding carboxylic acids is 2. The molecule has 0 aromatic heterocycles. The molecule has 0 saturated carbocycles. The molecule has 146 valence electrons. The zero-order valence-electron chi connectivity index (χ0n) is 14.3. The van der Waals surface area contributed by atoms with Gasteiger partial charge in [-0.3, -0.25) is 13.9 Å². The second-order valence-corrected chi connectivity index (χ2v) is 8.53. The number of nitrogens with zero attached hydrogens (tertiary/aromatic N) is 1. The van der Waals surface area contributed by atoms with Gasteiger partial charge in [-0.25, -0.2) is 8.42 Å². The monoisotopic (exact) mass is 439 g/mol.